The monoisotopic (exact) mass is 414 g/mol. The maximum Gasteiger partial charge on any atom is 0.310 e. The highest BCUT2D eigenvalue weighted by atomic mass is 16.5. The lowest BCUT2D eigenvalue weighted by Gasteiger charge is -2.23. The number of esters is 1. The van der Waals surface area contributed by atoms with Crippen molar-refractivity contribution in [1.29, 1.82) is 0 Å². The van der Waals surface area contributed by atoms with E-state index in [-0.39, 0.29) is 24.9 Å². The number of amides is 1. The molecule has 30 heavy (non-hydrogen) atoms. The summed E-state index contributed by atoms with van der Waals surface area (Å²) in [6, 6.07) is 7.94. The minimum absolute atomic E-state index is 0.0366. The second-order valence-corrected chi connectivity index (χ2v) is 6.88. The van der Waals surface area contributed by atoms with Crippen LogP contribution in [0.4, 0.5) is 0 Å². The van der Waals surface area contributed by atoms with Gasteiger partial charge in [-0.3, -0.25) is 9.59 Å². The Morgan fingerprint density at radius 1 is 1.10 bits per heavy atom. The SMILES string of the molecule is CCOC(=O)Cc1cnc(OC)c(-c2ccc(C)cc2CN(CC)C(=O)COC)c1. The van der Waals surface area contributed by atoms with Gasteiger partial charge >= 0.3 is 5.97 Å². The van der Waals surface area contributed by atoms with Gasteiger partial charge < -0.3 is 19.1 Å². The summed E-state index contributed by atoms with van der Waals surface area (Å²) in [6.45, 7) is 7.08. The summed E-state index contributed by atoms with van der Waals surface area (Å²) in [5.74, 6) is 0.0782. The van der Waals surface area contributed by atoms with Gasteiger partial charge in [0.1, 0.15) is 6.61 Å². The largest absolute Gasteiger partial charge is 0.481 e. The Kier molecular flexibility index (Phi) is 8.80. The van der Waals surface area contributed by atoms with Gasteiger partial charge in [-0.1, -0.05) is 23.8 Å². The van der Waals surface area contributed by atoms with Gasteiger partial charge in [0.05, 0.1) is 20.1 Å². The lowest BCUT2D eigenvalue weighted by molar-refractivity contribution is -0.142. The summed E-state index contributed by atoms with van der Waals surface area (Å²) in [6.07, 6.45) is 1.75. The minimum Gasteiger partial charge on any atom is -0.481 e. The lowest BCUT2D eigenvalue weighted by Crippen LogP contribution is -2.33. The zero-order valence-corrected chi connectivity index (χ0v) is 18.4. The summed E-state index contributed by atoms with van der Waals surface area (Å²) in [4.78, 5) is 30.4. The molecule has 2 aromatic rings. The minimum atomic E-state index is -0.304. The molecule has 0 N–H and O–H groups in total. The standard InChI is InChI=1S/C23H30N2O5/c1-6-25(21(26)15-28-4)14-18-10-16(3)8-9-19(18)20-11-17(12-22(27)30-7-2)13-24-23(20)29-5/h8-11,13H,6-7,12,14-15H2,1-5H3. The number of rotatable bonds is 10. The number of benzene rings is 1. The average Bonchev–Trinajstić information content (AvgIpc) is 2.72. The van der Waals surface area contributed by atoms with Crippen molar-refractivity contribution in [3.63, 3.8) is 0 Å². The molecule has 2 rings (SSSR count). The predicted molar refractivity (Wildman–Crippen MR) is 114 cm³/mol. The van der Waals surface area contributed by atoms with E-state index in [0.29, 0.717) is 25.6 Å². The molecule has 0 unspecified atom stereocenters. The van der Waals surface area contributed by atoms with Crippen molar-refractivity contribution in [2.75, 3.05) is 34.0 Å². The molecule has 0 aliphatic heterocycles. The molecule has 0 aliphatic rings. The lowest BCUT2D eigenvalue weighted by atomic mass is 9.96. The van der Waals surface area contributed by atoms with E-state index in [2.05, 4.69) is 11.1 Å². The molecule has 1 aromatic heterocycles. The van der Waals surface area contributed by atoms with Crippen molar-refractivity contribution < 1.29 is 23.8 Å². The number of carbonyl (C=O) groups excluding carboxylic acids is 2. The van der Waals surface area contributed by atoms with Crippen LogP contribution < -0.4 is 4.74 Å². The van der Waals surface area contributed by atoms with Crippen LogP contribution in [0.3, 0.4) is 0 Å². The third-order valence-electron chi connectivity index (χ3n) is 4.67. The Labute approximate surface area is 178 Å². The molecule has 0 radical (unpaired) electrons. The van der Waals surface area contributed by atoms with Gasteiger partial charge in [-0.05, 0) is 43.5 Å². The number of ether oxygens (including phenoxy) is 3. The quantitative estimate of drug-likeness (QED) is 0.556. The maximum absolute atomic E-state index is 12.4. The van der Waals surface area contributed by atoms with Crippen LogP contribution in [0.5, 0.6) is 5.88 Å². The maximum atomic E-state index is 12.4. The molecule has 0 atom stereocenters. The number of hydrogen-bond acceptors (Lipinski definition) is 6. The molecule has 7 heteroatoms. The highest BCUT2D eigenvalue weighted by Gasteiger charge is 2.18. The molecular formula is C23H30N2O5. The third-order valence-corrected chi connectivity index (χ3v) is 4.67. The van der Waals surface area contributed by atoms with E-state index in [0.717, 1.165) is 27.8 Å². The molecule has 0 fully saturated rings. The van der Waals surface area contributed by atoms with Crippen LogP contribution in [-0.4, -0.2) is 55.7 Å². The molecule has 7 nitrogen and oxygen atoms in total. The van der Waals surface area contributed by atoms with Crippen LogP contribution in [0.25, 0.3) is 11.1 Å². The second kappa shape index (κ2) is 11.3. The summed E-state index contributed by atoms with van der Waals surface area (Å²) < 4.78 is 15.5. The zero-order valence-electron chi connectivity index (χ0n) is 18.4. The number of aromatic nitrogens is 1. The number of aryl methyl sites for hydroxylation is 1. The Morgan fingerprint density at radius 2 is 1.87 bits per heavy atom. The van der Waals surface area contributed by atoms with Crippen LogP contribution >= 0.6 is 0 Å². The Balaban J connectivity index is 2.47. The first kappa shape index (κ1) is 23.3. The molecular weight excluding hydrogens is 384 g/mol. The van der Waals surface area contributed by atoms with E-state index in [9.17, 15) is 9.59 Å². The first-order valence-corrected chi connectivity index (χ1v) is 9.98. The molecule has 0 spiro atoms. The smallest absolute Gasteiger partial charge is 0.310 e. The molecule has 0 bridgehead atoms. The summed E-state index contributed by atoms with van der Waals surface area (Å²) in [5.41, 5.74) is 4.45. The van der Waals surface area contributed by atoms with Crippen LogP contribution in [-0.2, 0) is 32.0 Å². The van der Waals surface area contributed by atoms with Gasteiger partial charge in [-0.25, -0.2) is 4.98 Å². The third kappa shape index (κ3) is 6.03. The number of carbonyl (C=O) groups is 2. The first-order chi connectivity index (χ1) is 14.4. The van der Waals surface area contributed by atoms with Crippen molar-refractivity contribution in [1.82, 2.24) is 9.88 Å². The number of nitrogens with zero attached hydrogens (tertiary/aromatic N) is 2. The number of likely N-dealkylation sites (N-methyl/N-ethyl adjacent to an activating group) is 1. The number of methoxy groups -OCH3 is 2. The highest BCUT2D eigenvalue weighted by Crippen LogP contribution is 2.33. The summed E-state index contributed by atoms with van der Waals surface area (Å²) in [7, 11) is 3.07. The fourth-order valence-electron chi connectivity index (χ4n) is 3.24. The summed E-state index contributed by atoms with van der Waals surface area (Å²) in [5, 5.41) is 0. The van der Waals surface area contributed by atoms with Crippen molar-refractivity contribution >= 4 is 11.9 Å². The Hall–Kier alpha value is -2.93. The van der Waals surface area contributed by atoms with Crippen LogP contribution in [0.15, 0.2) is 30.5 Å². The first-order valence-electron chi connectivity index (χ1n) is 9.98. The number of pyridine rings is 1. The average molecular weight is 415 g/mol. The van der Waals surface area contributed by atoms with Gasteiger partial charge in [0.2, 0.25) is 11.8 Å². The topological polar surface area (TPSA) is 78.0 Å². The van der Waals surface area contributed by atoms with Gasteiger partial charge in [0.25, 0.3) is 0 Å². The molecule has 1 aromatic carbocycles. The molecule has 162 valence electrons. The molecule has 1 amide bonds. The van der Waals surface area contributed by atoms with Crippen LogP contribution in [0.1, 0.15) is 30.5 Å². The number of hydrogen-bond donors (Lipinski definition) is 0. The fraction of sp³-hybridized carbons (Fsp3) is 0.435. The predicted octanol–water partition coefficient (Wildman–Crippen LogP) is 3.17. The second-order valence-electron chi connectivity index (χ2n) is 6.88. The van der Waals surface area contributed by atoms with E-state index in [1.165, 1.54) is 7.11 Å². The summed E-state index contributed by atoms with van der Waals surface area (Å²) >= 11 is 0. The van der Waals surface area contributed by atoms with Gasteiger partial charge in [-0.2, -0.15) is 0 Å². The van der Waals surface area contributed by atoms with Gasteiger partial charge in [0.15, 0.2) is 0 Å². The van der Waals surface area contributed by atoms with Gasteiger partial charge in [-0.15, -0.1) is 0 Å². The van der Waals surface area contributed by atoms with E-state index < -0.39 is 0 Å². The van der Waals surface area contributed by atoms with Crippen molar-refractivity contribution in [2.45, 2.75) is 33.7 Å². The molecule has 1 heterocycles. The molecule has 0 aliphatic carbocycles. The van der Waals surface area contributed by atoms with Crippen molar-refractivity contribution in [3.05, 3.63) is 47.2 Å². The Bertz CT molecular complexity index is 882. The van der Waals surface area contributed by atoms with Crippen LogP contribution in [0.2, 0.25) is 0 Å². The van der Waals surface area contributed by atoms with Crippen molar-refractivity contribution in [3.8, 4) is 17.0 Å². The van der Waals surface area contributed by atoms with E-state index >= 15 is 0 Å². The van der Waals surface area contributed by atoms with Crippen molar-refractivity contribution in [2.24, 2.45) is 0 Å². The molecule has 0 saturated carbocycles. The zero-order chi connectivity index (χ0) is 22.1. The van der Waals surface area contributed by atoms with Crippen LogP contribution in [0, 0.1) is 6.92 Å². The van der Waals surface area contributed by atoms with E-state index in [1.54, 1.807) is 25.1 Å². The normalized spacial score (nSPS) is 10.6. The fourth-order valence-corrected chi connectivity index (χ4v) is 3.24. The van der Waals surface area contributed by atoms with E-state index in [4.69, 9.17) is 14.2 Å². The molecule has 0 saturated heterocycles. The van der Waals surface area contributed by atoms with E-state index in [1.807, 2.05) is 32.0 Å². The highest BCUT2D eigenvalue weighted by molar-refractivity contribution is 5.79. The van der Waals surface area contributed by atoms with Gasteiger partial charge in [0, 0.05) is 32.0 Å². The Morgan fingerprint density at radius 3 is 2.50 bits per heavy atom.